The van der Waals surface area contributed by atoms with E-state index < -0.39 is 12.1 Å². The summed E-state index contributed by atoms with van der Waals surface area (Å²) < 4.78 is 7.68. The van der Waals surface area contributed by atoms with Crippen LogP contribution in [-0.4, -0.2) is 102 Å². The molecule has 0 spiro atoms. The van der Waals surface area contributed by atoms with E-state index in [-0.39, 0.29) is 42.3 Å². The summed E-state index contributed by atoms with van der Waals surface area (Å²) in [6.07, 6.45) is 11.4. The SMILES string of the molecule is CC(C)N(CC1OC([N+]2(C3CCCCC3)CNC3C(N)NCNC32)C(O)C1N)C1CC(CCC2Nc3ccc(C4(C#N)CC4)cc3N2)C1. The van der Waals surface area contributed by atoms with E-state index in [0.717, 1.165) is 62.3 Å². The van der Waals surface area contributed by atoms with Crippen molar-refractivity contribution in [2.24, 2.45) is 17.4 Å². The topological polar surface area (TPSA) is 169 Å². The van der Waals surface area contributed by atoms with E-state index in [2.05, 4.69) is 69.6 Å². The number of hydrogen-bond acceptors (Lipinski definition) is 11. The fourth-order valence-electron chi connectivity index (χ4n) is 10.3. The number of aliphatic hydroxyl groups is 1. The van der Waals surface area contributed by atoms with Gasteiger partial charge in [0.05, 0.1) is 60.0 Å². The largest absolute Gasteiger partial charge is 0.382 e. The zero-order valence-electron chi connectivity index (χ0n) is 28.9. The molecule has 9 atom stereocenters. The molecule has 4 heterocycles. The van der Waals surface area contributed by atoms with Crippen LogP contribution in [0, 0.1) is 17.2 Å². The van der Waals surface area contributed by atoms with Crippen molar-refractivity contribution < 1.29 is 14.3 Å². The summed E-state index contributed by atoms with van der Waals surface area (Å²) in [5, 5.41) is 39.6. The van der Waals surface area contributed by atoms with Gasteiger partial charge in [-0.3, -0.25) is 25.3 Å². The minimum Gasteiger partial charge on any atom is -0.382 e. The molecule has 7 aliphatic rings. The van der Waals surface area contributed by atoms with Crippen LogP contribution in [0.25, 0.3) is 0 Å². The molecule has 6 fully saturated rings. The minimum atomic E-state index is -0.727. The molecule has 10 N–H and O–H groups in total. The van der Waals surface area contributed by atoms with E-state index >= 15 is 0 Å². The number of fused-ring (bicyclic) bond motifs is 2. The molecule has 12 nitrogen and oxygen atoms in total. The van der Waals surface area contributed by atoms with Gasteiger partial charge in [0.25, 0.3) is 0 Å². The fraction of sp³-hybridized carbons (Fsp3) is 0.806. The predicted octanol–water partition coefficient (Wildman–Crippen LogP) is 1.93. The van der Waals surface area contributed by atoms with Crippen molar-refractivity contribution in [2.75, 3.05) is 30.5 Å². The minimum absolute atomic E-state index is 0.0745. The molecule has 3 aliphatic carbocycles. The molecule has 48 heavy (non-hydrogen) atoms. The molecule has 4 aliphatic heterocycles. The fourth-order valence-corrected chi connectivity index (χ4v) is 10.3. The van der Waals surface area contributed by atoms with E-state index in [0.29, 0.717) is 35.2 Å². The highest BCUT2D eigenvalue weighted by Gasteiger charge is 2.64. The first-order valence-electron chi connectivity index (χ1n) is 19.0. The maximum Gasteiger partial charge on any atom is 0.224 e. The van der Waals surface area contributed by atoms with Crippen molar-refractivity contribution in [1.29, 1.82) is 5.26 Å². The van der Waals surface area contributed by atoms with Crippen LogP contribution in [0.3, 0.4) is 0 Å². The number of quaternary nitrogens is 1. The first kappa shape index (κ1) is 33.1. The van der Waals surface area contributed by atoms with Gasteiger partial charge in [-0.1, -0.05) is 12.5 Å². The van der Waals surface area contributed by atoms with E-state index in [1.165, 1.54) is 38.5 Å². The van der Waals surface area contributed by atoms with Crippen molar-refractivity contribution in [3.05, 3.63) is 23.8 Å². The Hall–Kier alpha value is -2.05. The first-order valence-corrected chi connectivity index (χ1v) is 19.0. The highest BCUT2D eigenvalue weighted by atomic mass is 16.5. The zero-order valence-corrected chi connectivity index (χ0v) is 28.9. The van der Waals surface area contributed by atoms with Crippen LogP contribution < -0.4 is 38.1 Å². The molecular formula is C36H59N10O2+. The number of ether oxygens (including phenoxy) is 1. The Morgan fingerprint density at radius 1 is 1.06 bits per heavy atom. The Labute approximate surface area is 286 Å². The molecule has 0 amide bonds. The third kappa shape index (κ3) is 5.63. The molecule has 3 saturated heterocycles. The average Bonchev–Trinajstić information content (AvgIpc) is 3.48. The molecule has 0 radical (unpaired) electrons. The lowest BCUT2D eigenvalue weighted by molar-refractivity contribution is -1.01. The van der Waals surface area contributed by atoms with Gasteiger partial charge in [-0.15, -0.1) is 0 Å². The van der Waals surface area contributed by atoms with Crippen molar-refractivity contribution >= 4 is 11.4 Å². The average molecular weight is 664 g/mol. The number of nitriles is 1. The highest BCUT2D eigenvalue weighted by Crippen LogP contribution is 2.49. The smallest absolute Gasteiger partial charge is 0.224 e. The summed E-state index contributed by atoms with van der Waals surface area (Å²) in [6.45, 7) is 6.70. The van der Waals surface area contributed by atoms with Crippen LogP contribution in [0.4, 0.5) is 11.4 Å². The molecule has 1 aromatic rings. The van der Waals surface area contributed by atoms with Crippen LogP contribution in [0.5, 0.6) is 0 Å². The number of rotatable bonds is 10. The second-order valence-electron chi connectivity index (χ2n) is 16.5. The highest BCUT2D eigenvalue weighted by molar-refractivity contribution is 5.76. The second-order valence-corrected chi connectivity index (χ2v) is 16.5. The molecular weight excluding hydrogens is 604 g/mol. The van der Waals surface area contributed by atoms with Gasteiger partial charge in [0, 0.05) is 18.6 Å². The van der Waals surface area contributed by atoms with Gasteiger partial charge in [0.2, 0.25) is 6.23 Å². The normalized spacial score (nSPS) is 41.7. The van der Waals surface area contributed by atoms with E-state index in [4.69, 9.17) is 16.2 Å². The second kappa shape index (κ2) is 12.9. The molecule has 9 unspecified atom stereocenters. The van der Waals surface area contributed by atoms with Gasteiger partial charge >= 0.3 is 0 Å². The standard InChI is InChI=1S/C36H59N10O2/c1-21(2)45(24-14-22(15-24)8-11-29-43-26-10-9-23(16-27(26)44-29)36(18-37)12-13-36)17-28-30(38)32(47)35(48-28)46(25-6-4-3-5-7-25)20-42-31-33(39)40-19-41-34(31)46/h9-10,16,21-22,24-25,28-35,40-44,47H,3-8,11-15,17,19-20,38-39H2,1-2H3/q+1. The third-order valence-corrected chi connectivity index (χ3v) is 13.4. The number of anilines is 2. The van der Waals surface area contributed by atoms with Crippen LogP contribution in [0.1, 0.15) is 90.0 Å². The van der Waals surface area contributed by atoms with Crippen LogP contribution in [0.15, 0.2) is 18.2 Å². The van der Waals surface area contributed by atoms with Gasteiger partial charge in [0.15, 0.2) is 6.17 Å². The van der Waals surface area contributed by atoms with Crippen LogP contribution in [-0.2, 0) is 10.2 Å². The van der Waals surface area contributed by atoms with E-state index in [1.54, 1.807) is 0 Å². The van der Waals surface area contributed by atoms with Gasteiger partial charge in [0.1, 0.15) is 18.8 Å². The Balaban J connectivity index is 0.880. The Morgan fingerprint density at radius 2 is 1.83 bits per heavy atom. The number of nitrogens with one attached hydrogen (secondary N) is 5. The van der Waals surface area contributed by atoms with Gasteiger partial charge < -0.3 is 31.9 Å². The van der Waals surface area contributed by atoms with Crippen molar-refractivity contribution in [3.63, 3.8) is 0 Å². The summed E-state index contributed by atoms with van der Waals surface area (Å²) in [6, 6.07) is 9.91. The summed E-state index contributed by atoms with van der Waals surface area (Å²) in [7, 11) is 0. The first-order chi connectivity index (χ1) is 23.2. The summed E-state index contributed by atoms with van der Waals surface area (Å²) in [5.74, 6) is 0.701. The number of benzene rings is 1. The van der Waals surface area contributed by atoms with E-state index in [9.17, 15) is 10.4 Å². The molecule has 8 rings (SSSR count). The number of hydrogen-bond donors (Lipinski definition) is 8. The van der Waals surface area contributed by atoms with Crippen LogP contribution >= 0.6 is 0 Å². The number of nitrogens with zero attached hydrogens (tertiary/aromatic N) is 3. The van der Waals surface area contributed by atoms with Gasteiger partial charge in [-0.05, 0) is 102 Å². The Kier molecular flexibility index (Phi) is 8.92. The van der Waals surface area contributed by atoms with Crippen molar-refractivity contribution in [2.45, 2.75) is 157 Å². The molecule has 0 aromatic heterocycles. The van der Waals surface area contributed by atoms with Crippen LogP contribution in [0.2, 0.25) is 0 Å². The lowest BCUT2D eigenvalue weighted by Crippen LogP contribution is -2.76. The summed E-state index contributed by atoms with van der Waals surface area (Å²) >= 11 is 0. The third-order valence-electron chi connectivity index (χ3n) is 13.4. The van der Waals surface area contributed by atoms with Gasteiger partial charge in [-0.25, -0.2) is 0 Å². The molecule has 3 saturated carbocycles. The predicted molar refractivity (Wildman–Crippen MR) is 186 cm³/mol. The lowest BCUT2D eigenvalue weighted by atomic mass is 9.76. The summed E-state index contributed by atoms with van der Waals surface area (Å²) in [4.78, 5) is 2.59. The monoisotopic (exact) mass is 663 g/mol. The Morgan fingerprint density at radius 3 is 2.56 bits per heavy atom. The van der Waals surface area contributed by atoms with Gasteiger partial charge in [-0.2, -0.15) is 5.26 Å². The van der Waals surface area contributed by atoms with E-state index in [1.807, 2.05) is 0 Å². The summed E-state index contributed by atoms with van der Waals surface area (Å²) in [5.41, 5.74) is 16.6. The Bertz CT molecular complexity index is 1360. The zero-order chi connectivity index (χ0) is 33.2. The molecule has 1 aromatic carbocycles. The quantitative estimate of drug-likeness (QED) is 0.172. The molecule has 264 valence electrons. The van der Waals surface area contributed by atoms with Crippen molar-refractivity contribution in [1.82, 2.24) is 20.9 Å². The molecule has 12 heteroatoms. The maximum atomic E-state index is 11.8. The maximum absolute atomic E-state index is 11.8. The number of nitrogens with two attached hydrogens (primary N) is 2. The number of aliphatic hydroxyl groups excluding tert-OH is 1. The lowest BCUT2D eigenvalue weighted by Gasteiger charge is -2.52. The van der Waals surface area contributed by atoms with Crippen molar-refractivity contribution in [3.8, 4) is 6.07 Å². The molecule has 0 bridgehead atoms.